The Hall–Kier alpha value is -2.30. The zero-order valence-electron chi connectivity index (χ0n) is 13.9. The number of ketones is 1. The molecule has 3 rings (SSSR count). The summed E-state index contributed by atoms with van der Waals surface area (Å²) in [4.78, 5) is 16.1. The van der Waals surface area contributed by atoms with Crippen LogP contribution in [0.5, 0.6) is 5.88 Å². The topological polar surface area (TPSA) is 39.2 Å². The van der Waals surface area contributed by atoms with E-state index in [1.165, 1.54) is 19.1 Å². The monoisotopic (exact) mass is 331 g/mol. The first-order chi connectivity index (χ1) is 11.4. The first kappa shape index (κ1) is 16.6. The lowest BCUT2D eigenvalue weighted by atomic mass is 9.91. The molecule has 2 aromatic rings. The van der Waals surface area contributed by atoms with E-state index in [2.05, 4.69) is 18.8 Å². The lowest BCUT2D eigenvalue weighted by molar-refractivity contribution is 0.0998. The number of aromatic nitrogens is 1. The predicted molar refractivity (Wildman–Crippen MR) is 87.2 cm³/mol. The van der Waals surface area contributed by atoms with Gasteiger partial charge in [0.15, 0.2) is 5.78 Å². The van der Waals surface area contributed by atoms with E-state index in [9.17, 15) is 13.6 Å². The van der Waals surface area contributed by atoms with Crippen molar-refractivity contribution in [2.45, 2.75) is 39.7 Å². The van der Waals surface area contributed by atoms with Gasteiger partial charge in [-0.2, -0.15) is 0 Å². The van der Waals surface area contributed by atoms with E-state index in [1.54, 1.807) is 6.07 Å². The van der Waals surface area contributed by atoms with E-state index in [-0.39, 0.29) is 23.1 Å². The number of fused-ring (bicyclic) bond motifs is 1. The fourth-order valence-corrected chi connectivity index (χ4v) is 2.97. The zero-order valence-corrected chi connectivity index (χ0v) is 13.9. The van der Waals surface area contributed by atoms with Crippen molar-refractivity contribution in [3.05, 3.63) is 47.2 Å². The molecular formula is C19H19F2NO2. The number of pyridine rings is 1. The van der Waals surface area contributed by atoms with Crippen LogP contribution in [0.15, 0.2) is 24.3 Å². The number of nitrogens with zero attached hydrogens (tertiary/aromatic N) is 1. The average Bonchev–Trinajstić information content (AvgIpc) is 2.53. The molecule has 1 aromatic carbocycles. The number of Topliss-reactive ketones (excluding diaryl/α,β-unsaturated/α-hetero) is 1. The van der Waals surface area contributed by atoms with Crippen molar-refractivity contribution in [3.63, 3.8) is 0 Å². The number of hydrogen-bond acceptors (Lipinski definition) is 3. The van der Waals surface area contributed by atoms with Crippen LogP contribution in [0.25, 0.3) is 11.1 Å². The Balaban J connectivity index is 2.17. The van der Waals surface area contributed by atoms with Gasteiger partial charge in [0.05, 0.1) is 0 Å². The maximum Gasteiger partial charge on any atom is 0.218 e. The van der Waals surface area contributed by atoms with Crippen LogP contribution in [0.2, 0.25) is 0 Å². The first-order valence-electron chi connectivity index (χ1n) is 8.03. The van der Waals surface area contributed by atoms with Crippen molar-refractivity contribution < 1.29 is 18.3 Å². The molecule has 2 heterocycles. The average molecular weight is 331 g/mol. The van der Waals surface area contributed by atoms with Crippen molar-refractivity contribution in [1.82, 2.24) is 4.98 Å². The van der Waals surface area contributed by atoms with E-state index >= 15 is 0 Å². The molecule has 0 aliphatic carbocycles. The molecule has 0 unspecified atom stereocenters. The van der Waals surface area contributed by atoms with Crippen LogP contribution in [0.3, 0.4) is 0 Å². The van der Waals surface area contributed by atoms with Crippen molar-refractivity contribution in [2.75, 3.05) is 0 Å². The standard InChI is InChI=1S/C19H19F2NO2/c1-10(2)18-7-6-14-15(13-5-4-12(20)8-16(13)21)9-17(11(3)23)22-19(14)24-18/h4-5,8-10,18H,6-7H2,1-3H3/t18-/m0/s1. The van der Waals surface area contributed by atoms with Crippen LogP contribution in [0, 0.1) is 17.6 Å². The van der Waals surface area contributed by atoms with Crippen molar-refractivity contribution in [1.29, 1.82) is 0 Å². The van der Waals surface area contributed by atoms with Gasteiger partial charge in [0.2, 0.25) is 5.88 Å². The minimum atomic E-state index is -0.663. The highest BCUT2D eigenvalue weighted by atomic mass is 19.1. The molecule has 0 bridgehead atoms. The molecule has 1 atom stereocenters. The van der Waals surface area contributed by atoms with E-state index < -0.39 is 11.6 Å². The van der Waals surface area contributed by atoms with Crippen LogP contribution in [-0.2, 0) is 6.42 Å². The fourth-order valence-electron chi connectivity index (χ4n) is 2.97. The number of rotatable bonds is 3. The summed E-state index contributed by atoms with van der Waals surface area (Å²) >= 11 is 0. The molecule has 0 amide bonds. The summed E-state index contributed by atoms with van der Waals surface area (Å²) in [5.41, 5.74) is 1.79. The van der Waals surface area contributed by atoms with Gasteiger partial charge in [-0.3, -0.25) is 4.79 Å². The second kappa shape index (κ2) is 6.30. The molecular weight excluding hydrogens is 312 g/mol. The lowest BCUT2D eigenvalue weighted by Crippen LogP contribution is -2.29. The van der Waals surface area contributed by atoms with E-state index in [4.69, 9.17) is 4.74 Å². The highest BCUT2D eigenvalue weighted by Gasteiger charge is 2.28. The van der Waals surface area contributed by atoms with Gasteiger partial charge in [-0.15, -0.1) is 0 Å². The molecule has 0 fully saturated rings. The van der Waals surface area contributed by atoms with Crippen LogP contribution >= 0.6 is 0 Å². The molecule has 24 heavy (non-hydrogen) atoms. The molecule has 0 saturated carbocycles. The summed E-state index contributed by atoms with van der Waals surface area (Å²) < 4.78 is 33.4. The highest BCUT2D eigenvalue weighted by Crippen LogP contribution is 2.37. The van der Waals surface area contributed by atoms with Gasteiger partial charge >= 0.3 is 0 Å². The maximum atomic E-state index is 14.3. The Morgan fingerprint density at radius 2 is 2.00 bits per heavy atom. The second-order valence-electron chi connectivity index (χ2n) is 6.46. The zero-order chi connectivity index (χ0) is 17.4. The number of carbonyl (C=O) groups excluding carboxylic acids is 1. The maximum absolute atomic E-state index is 14.3. The Morgan fingerprint density at radius 3 is 2.62 bits per heavy atom. The third-order valence-electron chi connectivity index (χ3n) is 4.35. The van der Waals surface area contributed by atoms with Gasteiger partial charge in [-0.1, -0.05) is 13.8 Å². The van der Waals surface area contributed by atoms with Gasteiger partial charge in [0.25, 0.3) is 0 Å². The Morgan fingerprint density at radius 1 is 1.25 bits per heavy atom. The lowest BCUT2D eigenvalue weighted by Gasteiger charge is -2.29. The third-order valence-corrected chi connectivity index (χ3v) is 4.35. The first-order valence-corrected chi connectivity index (χ1v) is 8.03. The van der Waals surface area contributed by atoms with Crippen molar-refractivity contribution >= 4 is 5.78 Å². The Labute approximate surface area is 139 Å². The molecule has 0 saturated heterocycles. The normalized spacial score (nSPS) is 16.7. The molecule has 1 aromatic heterocycles. The number of halogens is 2. The van der Waals surface area contributed by atoms with Gasteiger partial charge in [0.1, 0.15) is 23.4 Å². The summed E-state index contributed by atoms with van der Waals surface area (Å²) in [6.07, 6.45) is 1.48. The van der Waals surface area contributed by atoms with Crippen LogP contribution in [0.1, 0.15) is 43.2 Å². The summed E-state index contributed by atoms with van der Waals surface area (Å²) in [7, 11) is 0. The summed E-state index contributed by atoms with van der Waals surface area (Å²) in [5, 5.41) is 0. The number of ether oxygens (including phenoxy) is 1. The summed E-state index contributed by atoms with van der Waals surface area (Å²) in [5.74, 6) is -0.832. The Kier molecular flexibility index (Phi) is 4.35. The number of carbonyl (C=O) groups is 1. The van der Waals surface area contributed by atoms with Gasteiger partial charge in [-0.05, 0) is 42.5 Å². The van der Waals surface area contributed by atoms with Crippen molar-refractivity contribution in [3.8, 4) is 17.0 Å². The van der Waals surface area contributed by atoms with Crippen LogP contribution in [0.4, 0.5) is 8.78 Å². The Bertz CT molecular complexity index is 802. The molecule has 126 valence electrons. The number of hydrogen-bond donors (Lipinski definition) is 0. The van der Waals surface area contributed by atoms with E-state index in [0.717, 1.165) is 18.1 Å². The molecule has 0 radical (unpaired) electrons. The molecule has 0 spiro atoms. The van der Waals surface area contributed by atoms with Crippen LogP contribution < -0.4 is 4.74 Å². The SMILES string of the molecule is CC(=O)c1cc(-c2ccc(F)cc2F)c2c(n1)O[C@H](C(C)C)CC2. The van der Waals surface area contributed by atoms with Gasteiger partial charge in [0, 0.05) is 24.1 Å². The molecule has 1 aliphatic rings. The van der Waals surface area contributed by atoms with E-state index in [1.807, 2.05) is 0 Å². The molecule has 0 N–H and O–H groups in total. The van der Waals surface area contributed by atoms with E-state index in [0.29, 0.717) is 23.8 Å². The van der Waals surface area contributed by atoms with Crippen molar-refractivity contribution in [2.24, 2.45) is 5.92 Å². The molecule has 5 heteroatoms. The summed E-state index contributed by atoms with van der Waals surface area (Å²) in [6, 6.07) is 5.00. The quantitative estimate of drug-likeness (QED) is 0.773. The molecule has 3 nitrogen and oxygen atoms in total. The summed E-state index contributed by atoms with van der Waals surface area (Å²) in [6.45, 7) is 5.53. The fraction of sp³-hybridized carbons (Fsp3) is 0.368. The minimum Gasteiger partial charge on any atom is -0.474 e. The second-order valence-corrected chi connectivity index (χ2v) is 6.46. The largest absolute Gasteiger partial charge is 0.474 e. The van der Waals surface area contributed by atoms with Crippen LogP contribution in [-0.4, -0.2) is 16.9 Å². The minimum absolute atomic E-state index is 0.0122. The van der Waals surface area contributed by atoms with Gasteiger partial charge < -0.3 is 4.74 Å². The van der Waals surface area contributed by atoms with Gasteiger partial charge in [-0.25, -0.2) is 13.8 Å². The predicted octanol–water partition coefficient (Wildman–Crippen LogP) is 4.58. The molecule has 1 aliphatic heterocycles. The third kappa shape index (κ3) is 3.03. The number of benzene rings is 1. The smallest absolute Gasteiger partial charge is 0.218 e. The highest BCUT2D eigenvalue weighted by molar-refractivity contribution is 5.94.